The molecule has 1 aliphatic rings. The maximum atomic E-state index is 12.8. The SMILES string of the molecule is CCOC(=O)c1ccc(CCNC(=O)c2cc(N)ccc2N2CCCCC2)cc1. The molecule has 1 fully saturated rings. The summed E-state index contributed by atoms with van der Waals surface area (Å²) in [7, 11) is 0. The zero-order valence-corrected chi connectivity index (χ0v) is 16.9. The van der Waals surface area contributed by atoms with E-state index in [0.29, 0.717) is 36.4 Å². The van der Waals surface area contributed by atoms with Crippen LogP contribution in [0.3, 0.4) is 0 Å². The average Bonchev–Trinajstić information content (AvgIpc) is 2.75. The predicted octanol–water partition coefficient (Wildman–Crippen LogP) is 3.41. The van der Waals surface area contributed by atoms with Crippen molar-refractivity contribution in [2.75, 3.05) is 36.9 Å². The minimum atomic E-state index is -0.320. The molecular weight excluding hydrogens is 366 g/mol. The molecule has 0 radical (unpaired) electrons. The molecular formula is C23H29N3O3. The van der Waals surface area contributed by atoms with Crippen molar-refractivity contribution >= 4 is 23.3 Å². The van der Waals surface area contributed by atoms with Crippen molar-refractivity contribution < 1.29 is 14.3 Å². The lowest BCUT2D eigenvalue weighted by atomic mass is 10.1. The molecule has 3 rings (SSSR count). The van der Waals surface area contributed by atoms with Crippen LogP contribution in [0.4, 0.5) is 11.4 Å². The second kappa shape index (κ2) is 9.96. The Hall–Kier alpha value is -3.02. The molecule has 0 atom stereocenters. The average molecular weight is 396 g/mol. The van der Waals surface area contributed by atoms with Crippen LogP contribution >= 0.6 is 0 Å². The number of carbonyl (C=O) groups excluding carboxylic acids is 2. The lowest BCUT2D eigenvalue weighted by molar-refractivity contribution is 0.0526. The van der Waals surface area contributed by atoms with Gasteiger partial charge in [0, 0.05) is 31.0 Å². The Kier molecular flexibility index (Phi) is 7.11. The van der Waals surface area contributed by atoms with Crippen molar-refractivity contribution in [2.24, 2.45) is 0 Å². The number of nitrogen functional groups attached to an aromatic ring is 1. The summed E-state index contributed by atoms with van der Waals surface area (Å²) in [6.45, 7) is 4.59. The number of anilines is 2. The number of nitrogens with zero attached hydrogens (tertiary/aromatic N) is 1. The Labute approximate surface area is 172 Å². The van der Waals surface area contributed by atoms with Crippen LogP contribution in [-0.4, -0.2) is 38.1 Å². The molecule has 1 amide bonds. The summed E-state index contributed by atoms with van der Waals surface area (Å²) in [5.41, 5.74) is 9.69. The van der Waals surface area contributed by atoms with Crippen LogP contribution in [0, 0.1) is 0 Å². The van der Waals surface area contributed by atoms with Crippen LogP contribution in [0.15, 0.2) is 42.5 Å². The Balaban J connectivity index is 1.59. The van der Waals surface area contributed by atoms with E-state index in [-0.39, 0.29) is 11.9 Å². The highest BCUT2D eigenvalue weighted by molar-refractivity contribution is 6.00. The van der Waals surface area contributed by atoms with Gasteiger partial charge in [0.15, 0.2) is 0 Å². The topological polar surface area (TPSA) is 84.7 Å². The molecule has 1 heterocycles. The summed E-state index contributed by atoms with van der Waals surface area (Å²) in [4.78, 5) is 26.8. The van der Waals surface area contributed by atoms with Gasteiger partial charge in [-0.25, -0.2) is 4.79 Å². The van der Waals surface area contributed by atoms with Gasteiger partial charge in [-0.3, -0.25) is 4.79 Å². The smallest absolute Gasteiger partial charge is 0.338 e. The van der Waals surface area contributed by atoms with Crippen LogP contribution in [0.5, 0.6) is 0 Å². The minimum Gasteiger partial charge on any atom is -0.462 e. The number of hydrogen-bond donors (Lipinski definition) is 2. The van der Waals surface area contributed by atoms with Gasteiger partial charge in [0.2, 0.25) is 0 Å². The highest BCUT2D eigenvalue weighted by atomic mass is 16.5. The van der Waals surface area contributed by atoms with Gasteiger partial charge < -0.3 is 20.7 Å². The molecule has 2 aromatic rings. The second-order valence-electron chi connectivity index (χ2n) is 7.25. The number of esters is 1. The third kappa shape index (κ3) is 5.50. The number of amides is 1. The second-order valence-corrected chi connectivity index (χ2v) is 7.25. The zero-order chi connectivity index (χ0) is 20.6. The maximum Gasteiger partial charge on any atom is 0.338 e. The first kappa shape index (κ1) is 20.7. The molecule has 154 valence electrons. The van der Waals surface area contributed by atoms with Gasteiger partial charge in [0.25, 0.3) is 5.91 Å². The molecule has 1 saturated heterocycles. The van der Waals surface area contributed by atoms with Gasteiger partial charge in [0.05, 0.1) is 17.7 Å². The summed E-state index contributed by atoms with van der Waals surface area (Å²) in [5, 5.41) is 3.00. The van der Waals surface area contributed by atoms with E-state index in [0.717, 1.165) is 37.2 Å². The van der Waals surface area contributed by atoms with E-state index >= 15 is 0 Å². The molecule has 2 aromatic carbocycles. The summed E-state index contributed by atoms with van der Waals surface area (Å²) < 4.78 is 4.99. The monoisotopic (exact) mass is 395 g/mol. The van der Waals surface area contributed by atoms with Gasteiger partial charge in [-0.1, -0.05) is 12.1 Å². The van der Waals surface area contributed by atoms with Gasteiger partial charge in [0.1, 0.15) is 0 Å². The number of ether oxygens (including phenoxy) is 1. The largest absolute Gasteiger partial charge is 0.462 e. The van der Waals surface area contributed by atoms with E-state index in [9.17, 15) is 9.59 Å². The summed E-state index contributed by atoms with van der Waals surface area (Å²) >= 11 is 0. The minimum absolute atomic E-state index is 0.110. The quantitative estimate of drug-likeness (QED) is 0.554. The van der Waals surface area contributed by atoms with Crippen LogP contribution in [0.2, 0.25) is 0 Å². The van der Waals surface area contributed by atoms with Crippen molar-refractivity contribution in [3.05, 3.63) is 59.2 Å². The third-order valence-corrected chi connectivity index (χ3v) is 5.13. The fraction of sp³-hybridized carbons (Fsp3) is 0.391. The number of piperidine rings is 1. The van der Waals surface area contributed by atoms with Crippen molar-refractivity contribution in [3.63, 3.8) is 0 Å². The highest BCUT2D eigenvalue weighted by Crippen LogP contribution is 2.26. The Morgan fingerprint density at radius 1 is 1.07 bits per heavy atom. The molecule has 0 unspecified atom stereocenters. The summed E-state index contributed by atoms with van der Waals surface area (Å²) in [6, 6.07) is 12.8. The standard InChI is InChI=1S/C23H29N3O3/c1-2-29-23(28)18-8-6-17(7-9-18)12-13-25-22(27)20-16-19(24)10-11-21(20)26-14-4-3-5-15-26/h6-11,16H,2-5,12-15,24H2,1H3,(H,25,27). The number of carbonyl (C=O) groups is 2. The van der Waals surface area contributed by atoms with Crippen molar-refractivity contribution in [1.82, 2.24) is 5.32 Å². The summed E-state index contributed by atoms with van der Waals surface area (Å²) in [5.74, 6) is -0.430. The van der Waals surface area contributed by atoms with E-state index < -0.39 is 0 Å². The number of nitrogens with two attached hydrogens (primary N) is 1. The lowest BCUT2D eigenvalue weighted by Crippen LogP contribution is -2.33. The van der Waals surface area contributed by atoms with E-state index in [4.69, 9.17) is 10.5 Å². The lowest BCUT2D eigenvalue weighted by Gasteiger charge is -2.30. The molecule has 6 heteroatoms. The van der Waals surface area contributed by atoms with Crippen LogP contribution in [0.1, 0.15) is 52.5 Å². The number of nitrogens with one attached hydrogen (secondary N) is 1. The fourth-order valence-corrected chi connectivity index (χ4v) is 3.58. The van der Waals surface area contributed by atoms with Crippen LogP contribution in [-0.2, 0) is 11.2 Å². The molecule has 0 spiro atoms. The third-order valence-electron chi connectivity index (χ3n) is 5.13. The fourth-order valence-electron chi connectivity index (χ4n) is 3.58. The van der Waals surface area contributed by atoms with E-state index in [1.54, 1.807) is 25.1 Å². The molecule has 0 aromatic heterocycles. The van der Waals surface area contributed by atoms with Crippen LogP contribution < -0.4 is 16.0 Å². The van der Waals surface area contributed by atoms with Crippen LogP contribution in [0.25, 0.3) is 0 Å². The number of benzene rings is 2. The predicted molar refractivity (Wildman–Crippen MR) is 115 cm³/mol. The van der Waals surface area contributed by atoms with Crippen molar-refractivity contribution in [2.45, 2.75) is 32.6 Å². The first-order valence-electron chi connectivity index (χ1n) is 10.3. The first-order valence-corrected chi connectivity index (χ1v) is 10.3. The van der Waals surface area contributed by atoms with Gasteiger partial charge in [-0.05, 0) is 68.5 Å². The molecule has 29 heavy (non-hydrogen) atoms. The number of hydrogen-bond acceptors (Lipinski definition) is 5. The van der Waals surface area contributed by atoms with E-state index in [2.05, 4.69) is 10.2 Å². The van der Waals surface area contributed by atoms with Gasteiger partial charge >= 0.3 is 5.97 Å². The van der Waals surface area contributed by atoms with E-state index in [1.807, 2.05) is 24.3 Å². The van der Waals surface area contributed by atoms with E-state index in [1.165, 1.54) is 6.42 Å². The van der Waals surface area contributed by atoms with Gasteiger partial charge in [-0.2, -0.15) is 0 Å². The summed E-state index contributed by atoms with van der Waals surface area (Å²) in [6.07, 6.45) is 4.21. The molecule has 0 aliphatic carbocycles. The first-order chi connectivity index (χ1) is 14.1. The normalized spacial score (nSPS) is 13.8. The molecule has 0 bridgehead atoms. The Morgan fingerprint density at radius 2 is 1.79 bits per heavy atom. The number of rotatable bonds is 7. The zero-order valence-electron chi connectivity index (χ0n) is 16.9. The molecule has 0 saturated carbocycles. The van der Waals surface area contributed by atoms with Crippen molar-refractivity contribution in [1.29, 1.82) is 0 Å². The Morgan fingerprint density at radius 3 is 2.48 bits per heavy atom. The highest BCUT2D eigenvalue weighted by Gasteiger charge is 2.18. The Bertz CT molecular complexity index is 843. The van der Waals surface area contributed by atoms with Gasteiger partial charge in [-0.15, -0.1) is 0 Å². The molecule has 1 aliphatic heterocycles. The maximum absolute atomic E-state index is 12.8. The van der Waals surface area contributed by atoms with Crippen molar-refractivity contribution in [3.8, 4) is 0 Å². The molecule has 6 nitrogen and oxygen atoms in total. The molecule has 3 N–H and O–H groups in total.